The lowest BCUT2D eigenvalue weighted by Crippen LogP contribution is -2.47. The van der Waals surface area contributed by atoms with Gasteiger partial charge in [0.25, 0.3) is 0 Å². The van der Waals surface area contributed by atoms with E-state index in [0.29, 0.717) is 17.7 Å². The first-order valence-electron chi connectivity index (χ1n) is 15.1. The van der Waals surface area contributed by atoms with Crippen molar-refractivity contribution in [3.05, 3.63) is 36.2 Å². The Kier molecular flexibility index (Phi) is 13.5. The minimum atomic E-state index is -1.22. The minimum Gasteiger partial charge on any atom is -0.503 e. The molecule has 0 fully saturated rings. The molecule has 2 amide bonds. The van der Waals surface area contributed by atoms with Gasteiger partial charge in [0.2, 0.25) is 6.20 Å². The Bertz CT molecular complexity index is 1220. The number of alkyl carbamates (subject to hydrolysis) is 2. The van der Waals surface area contributed by atoms with E-state index < -0.39 is 58.6 Å². The predicted molar refractivity (Wildman–Crippen MR) is 169 cm³/mol. The van der Waals surface area contributed by atoms with Crippen LogP contribution in [0.3, 0.4) is 0 Å². The molecule has 1 rings (SSSR count). The minimum absolute atomic E-state index is 0.0648. The van der Waals surface area contributed by atoms with Crippen molar-refractivity contribution in [2.75, 3.05) is 0 Å². The summed E-state index contributed by atoms with van der Waals surface area (Å²) in [5, 5.41) is 16.3. The fourth-order valence-electron chi connectivity index (χ4n) is 4.01. The number of aromatic nitrogens is 1. The molecule has 254 valence electrons. The van der Waals surface area contributed by atoms with Gasteiger partial charge in [0, 0.05) is 17.5 Å². The molecule has 45 heavy (non-hydrogen) atoms. The maximum Gasteiger partial charge on any atom is 0.408 e. The van der Waals surface area contributed by atoms with E-state index in [-0.39, 0.29) is 25.0 Å². The Hall–Kier alpha value is -3.83. The van der Waals surface area contributed by atoms with Crippen LogP contribution in [0.15, 0.2) is 25.0 Å². The number of pyridine rings is 1. The zero-order chi connectivity index (χ0) is 35.0. The van der Waals surface area contributed by atoms with E-state index in [1.54, 1.807) is 99.9 Å². The first-order valence-corrected chi connectivity index (χ1v) is 15.1. The summed E-state index contributed by atoms with van der Waals surface area (Å²) >= 11 is 0. The number of nitrogens with zero attached hydrogens (tertiary/aromatic N) is 1. The fraction of sp³-hybridized carbons (Fsp3) is 0.667. The molecule has 1 aromatic heterocycles. The molecule has 0 radical (unpaired) electrons. The third kappa shape index (κ3) is 16.2. The van der Waals surface area contributed by atoms with Crippen LogP contribution in [0.5, 0.6) is 5.75 Å². The molecule has 12 heteroatoms. The third-order valence-corrected chi connectivity index (χ3v) is 5.52. The van der Waals surface area contributed by atoms with Gasteiger partial charge in [-0.3, -0.25) is 0 Å². The SMILES string of the molecule is C=CC[n+]1cc(O)c(C[C@H](NC(=O)OC(C)(C)C)C(=O)OC(C)(C)C)c(CC[C@H](NC(=O)OC(C)(C)C)C(=O)OC(C)(C)C)c1. The highest BCUT2D eigenvalue weighted by molar-refractivity contribution is 5.83. The van der Waals surface area contributed by atoms with Crippen LogP contribution >= 0.6 is 0 Å². The zero-order valence-corrected chi connectivity index (χ0v) is 29.1. The molecule has 0 aromatic carbocycles. The summed E-state index contributed by atoms with van der Waals surface area (Å²) in [4.78, 5) is 51.8. The number of hydrogen-bond acceptors (Lipinski definition) is 9. The maximum absolute atomic E-state index is 13.3. The van der Waals surface area contributed by atoms with E-state index in [9.17, 15) is 24.3 Å². The second-order valence-corrected chi connectivity index (χ2v) is 14.8. The van der Waals surface area contributed by atoms with E-state index in [4.69, 9.17) is 18.9 Å². The number of nitrogens with one attached hydrogen (secondary N) is 2. The molecule has 0 aliphatic carbocycles. The van der Waals surface area contributed by atoms with Gasteiger partial charge in [-0.25, -0.2) is 19.2 Å². The summed E-state index contributed by atoms with van der Waals surface area (Å²) in [7, 11) is 0. The number of aryl methyl sites for hydroxylation is 1. The lowest BCUT2D eigenvalue weighted by molar-refractivity contribution is -0.687. The summed E-state index contributed by atoms with van der Waals surface area (Å²) in [6.07, 6.45) is 3.32. The average molecular weight is 637 g/mol. The molecular weight excluding hydrogens is 582 g/mol. The maximum atomic E-state index is 13.3. The van der Waals surface area contributed by atoms with Crippen molar-refractivity contribution in [2.45, 2.75) is 143 Å². The van der Waals surface area contributed by atoms with E-state index in [0.717, 1.165) is 0 Å². The third-order valence-electron chi connectivity index (χ3n) is 5.52. The standard InChI is InChI=1S/C33H53N3O9/c1-14-17-36-19-21(15-16-23(26(38)42-30(2,3)4)34-28(40)44-32(8,9)10)22(25(37)20-36)18-24(27(39)43-31(5,6)7)35-29(41)45-33(11,12)13/h14,19-20,23-24H,1,15-18H2,2-13H3,(H2-,34,35,37,40,41)/p+1/t23-,24-/m0/s1. The highest BCUT2D eigenvalue weighted by Gasteiger charge is 2.33. The summed E-state index contributed by atoms with van der Waals surface area (Å²) in [6.45, 7) is 24.6. The van der Waals surface area contributed by atoms with E-state index in [1.165, 1.54) is 6.20 Å². The molecule has 0 aliphatic rings. The highest BCUT2D eigenvalue weighted by Crippen LogP contribution is 2.25. The number of amides is 2. The average Bonchev–Trinajstić information content (AvgIpc) is 2.78. The number of rotatable bonds is 11. The Morgan fingerprint density at radius 2 is 1.18 bits per heavy atom. The van der Waals surface area contributed by atoms with Crippen molar-refractivity contribution in [1.29, 1.82) is 0 Å². The monoisotopic (exact) mass is 636 g/mol. The second kappa shape index (κ2) is 15.4. The van der Waals surface area contributed by atoms with Gasteiger partial charge in [-0.1, -0.05) is 6.58 Å². The van der Waals surface area contributed by atoms with E-state index >= 15 is 0 Å². The van der Waals surface area contributed by atoms with Gasteiger partial charge in [0.1, 0.15) is 34.5 Å². The fourth-order valence-corrected chi connectivity index (χ4v) is 4.01. The largest absolute Gasteiger partial charge is 0.503 e. The van der Waals surface area contributed by atoms with Crippen molar-refractivity contribution in [3.63, 3.8) is 0 Å². The molecular formula is C33H54N3O9+. The van der Waals surface area contributed by atoms with Gasteiger partial charge in [0.05, 0.1) is 0 Å². The lowest BCUT2D eigenvalue weighted by atomic mass is 9.96. The summed E-state index contributed by atoms with van der Waals surface area (Å²) in [5.74, 6) is -1.53. The van der Waals surface area contributed by atoms with Crippen molar-refractivity contribution in [1.82, 2.24) is 10.6 Å². The van der Waals surface area contributed by atoms with Gasteiger partial charge in [-0.2, -0.15) is 4.57 Å². The van der Waals surface area contributed by atoms with Crippen LogP contribution in [-0.2, 0) is 47.9 Å². The zero-order valence-electron chi connectivity index (χ0n) is 29.1. The number of esters is 2. The summed E-state index contributed by atoms with van der Waals surface area (Å²) < 4.78 is 23.6. The van der Waals surface area contributed by atoms with Crippen LogP contribution in [-0.4, -0.2) is 63.7 Å². The number of aromatic hydroxyl groups is 1. The van der Waals surface area contributed by atoms with Crippen molar-refractivity contribution >= 4 is 24.1 Å². The molecule has 0 aliphatic heterocycles. The molecule has 0 spiro atoms. The summed E-state index contributed by atoms with van der Waals surface area (Å²) in [5.41, 5.74) is -2.40. The van der Waals surface area contributed by atoms with Crippen molar-refractivity contribution in [3.8, 4) is 5.75 Å². The highest BCUT2D eigenvalue weighted by atomic mass is 16.6. The van der Waals surface area contributed by atoms with Crippen LogP contribution in [0.4, 0.5) is 9.59 Å². The van der Waals surface area contributed by atoms with Crippen LogP contribution in [0.2, 0.25) is 0 Å². The molecule has 2 atom stereocenters. The Balaban J connectivity index is 3.53. The Morgan fingerprint density at radius 3 is 1.60 bits per heavy atom. The molecule has 1 aromatic rings. The Labute approximate surface area is 267 Å². The number of allylic oxidation sites excluding steroid dienone is 1. The van der Waals surface area contributed by atoms with Crippen LogP contribution in [0.1, 0.15) is 101 Å². The smallest absolute Gasteiger partial charge is 0.408 e. The predicted octanol–water partition coefficient (Wildman–Crippen LogP) is 4.81. The van der Waals surface area contributed by atoms with Gasteiger partial charge in [-0.05, 0) is 102 Å². The molecule has 0 saturated carbocycles. The van der Waals surface area contributed by atoms with Crippen LogP contribution in [0.25, 0.3) is 0 Å². The van der Waals surface area contributed by atoms with Gasteiger partial charge < -0.3 is 34.7 Å². The first-order chi connectivity index (χ1) is 20.3. The van der Waals surface area contributed by atoms with Crippen LogP contribution < -0.4 is 15.2 Å². The molecule has 12 nitrogen and oxygen atoms in total. The van der Waals surface area contributed by atoms with E-state index in [2.05, 4.69) is 17.2 Å². The topological polar surface area (TPSA) is 153 Å². The van der Waals surface area contributed by atoms with Crippen LogP contribution in [0, 0.1) is 0 Å². The van der Waals surface area contributed by atoms with Gasteiger partial charge in [-0.15, -0.1) is 0 Å². The molecule has 3 N–H and O–H groups in total. The summed E-state index contributed by atoms with van der Waals surface area (Å²) in [6, 6.07) is -2.32. The number of ether oxygens (including phenoxy) is 4. The van der Waals surface area contributed by atoms with Crippen molar-refractivity contribution < 1.29 is 47.8 Å². The number of carbonyl (C=O) groups excluding carboxylic acids is 4. The number of carbonyl (C=O) groups is 4. The quantitative estimate of drug-likeness (QED) is 0.134. The second-order valence-electron chi connectivity index (χ2n) is 14.8. The molecule has 1 heterocycles. The normalized spacial score (nSPS) is 13.6. The number of hydrogen-bond donors (Lipinski definition) is 3. The first kappa shape index (κ1) is 39.2. The van der Waals surface area contributed by atoms with Crippen molar-refractivity contribution in [2.24, 2.45) is 0 Å². The molecule has 0 saturated heterocycles. The lowest BCUT2D eigenvalue weighted by Gasteiger charge is -2.27. The van der Waals surface area contributed by atoms with E-state index in [1.807, 2.05) is 0 Å². The Morgan fingerprint density at radius 1 is 0.756 bits per heavy atom. The molecule has 0 bridgehead atoms. The van der Waals surface area contributed by atoms with Gasteiger partial charge in [0.15, 0.2) is 18.5 Å². The van der Waals surface area contributed by atoms with Gasteiger partial charge >= 0.3 is 24.1 Å². The molecule has 0 unspecified atom stereocenters.